The van der Waals surface area contributed by atoms with Crippen LogP contribution in [0.5, 0.6) is 0 Å². The van der Waals surface area contributed by atoms with Gasteiger partial charge in [-0.2, -0.15) is 5.10 Å². The molecule has 3 rings (SSSR count). The number of aryl methyl sites for hydroxylation is 1. The van der Waals surface area contributed by atoms with E-state index in [0.717, 1.165) is 23.5 Å². The smallest absolute Gasteiger partial charge is 0.238 e. The molecule has 1 aliphatic rings. The summed E-state index contributed by atoms with van der Waals surface area (Å²) in [7, 11) is 0. The fourth-order valence-corrected chi connectivity index (χ4v) is 3.87. The average molecular weight is 430 g/mol. The van der Waals surface area contributed by atoms with E-state index >= 15 is 0 Å². The number of piperazine rings is 1. The molecule has 1 saturated heterocycles. The van der Waals surface area contributed by atoms with Crippen LogP contribution in [0.1, 0.15) is 30.8 Å². The zero-order chi connectivity index (χ0) is 22.5. The van der Waals surface area contributed by atoms with Crippen molar-refractivity contribution < 1.29 is 14.0 Å². The van der Waals surface area contributed by atoms with Gasteiger partial charge in [-0.25, -0.2) is 4.39 Å². The van der Waals surface area contributed by atoms with Crippen molar-refractivity contribution in [2.75, 3.05) is 38.0 Å². The summed E-state index contributed by atoms with van der Waals surface area (Å²) in [6.07, 6.45) is 0.362. The molecule has 2 heterocycles. The molecule has 1 aromatic carbocycles. The van der Waals surface area contributed by atoms with Crippen molar-refractivity contribution in [3.63, 3.8) is 0 Å². The van der Waals surface area contributed by atoms with Crippen molar-refractivity contribution in [1.29, 1.82) is 0 Å². The molecule has 0 bridgehead atoms. The van der Waals surface area contributed by atoms with Crippen LogP contribution in [-0.2, 0) is 22.6 Å². The van der Waals surface area contributed by atoms with Gasteiger partial charge in [0.2, 0.25) is 11.8 Å². The number of benzene rings is 1. The average Bonchev–Trinajstić information content (AvgIpc) is 2.97. The van der Waals surface area contributed by atoms with Crippen LogP contribution in [-0.4, -0.2) is 64.1 Å². The predicted octanol–water partition coefficient (Wildman–Crippen LogP) is 2.62. The Bertz CT molecular complexity index is 915. The van der Waals surface area contributed by atoms with Crippen molar-refractivity contribution in [2.24, 2.45) is 5.92 Å². The first-order valence-electron chi connectivity index (χ1n) is 10.8. The van der Waals surface area contributed by atoms with E-state index in [2.05, 4.69) is 24.3 Å². The fourth-order valence-electron chi connectivity index (χ4n) is 3.87. The summed E-state index contributed by atoms with van der Waals surface area (Å²) in [6.45, 7) is 11.9. The van der Waals surface area contributed by atoms with Gasteiger partial charge in [0.05, 0.1) is 18.7 Å². The first kappa shape index (κ1) is 22.9. The minimum absolute atomic E-state index is 0.103. The number of halogens is 1. The Balaban J connectivity index is 1.48. The second-order valence-electron chi connectivity index (χ2n) is 8.61. The summed E-state index contributed by atoms with van der Waals surface area (Å²) in [5, 5.41) is 7.38. The van der Waals surface area contributed by atoms with Crippen LogP contribution in [0.25, 0.3) is 0 Å². The Labute approximate surface area is 183 Å². The number of nitrogens with one attached hydrogen (secondary N) is 1. The number of carbonyl (C=O) groups excluding carboxylic acids is 2. The summed E-state index contributed by atoms with van der Waals surface area (Å²) in [6, 6.07) is 5.71. The quantitative estimate of drug-likeness (QED) is 0.735. The van der Waals surface area contributed by atoms with E-state index in [-0.39, 0.29) is 24.2 Å². The number of aromatic nitrogens is 2. The highest BCUT2D eigenvalue weighted by atomic mass is 19.1. The van der Waals surface area contributed by atoms with Crippen molar-refractivity contribution in [3.05, 3.63) is 47.0 Å². The number of anilines is 1. The van der Waals surface area contributed by atoms with Gasteiger partial charge in [0.1, 0.15) is 5.82 Å². The first-order valence-corrected chi connectivity index (χ1v) is 10.8. The molecule has 1 N–H and O–H groups in total. The lowest BCUT2D eigenvalue weighted by atomic mass is 10.1. The van der Waals surface area contributed by atoms with Crippen molar-refractivity contribution in [2.45, 2.75) is 40.7 Å². The maximum atomic E-state index is 13.0. The maximum Gasteiger partial charge on any atom is 0.238 e. The summed E-state index contributed by atoms with van der Waals surface area (Å²) in [5.74, 6) is 0.118. The second kappa shape index (κ2) is 10.0. The van der Waals surface area contributed by atoms with Crippen molar-refractivity contribution in [3.8, 4) is 0 Å². The molecule has 0 radical (unpaired) electrons. The minimum Gasteiger partial charge on any atom is -0.340 e. The van der Waals surface area contributed by atoms with Crippen LogP contribution in [0.15, 0.2) is 24.3 Å². The summed E-state index contributed by atoms with van der Waals surface area (Å²) < 4.78 is 15.0. The third-order valence-corrected chi connectivity index (χ3v) is 5.62. The number of nitrogens with zero attached hydrogens (tertiary/aromatic N) is 4. The molecule has 168 valence electrons. The molecule has 2 aromatic rings. The number of hydrogen-bond acceptors (Lipinski definition) is 4. The van der Waals surface area contributed by atoms with Crippen LogP contribution in [0.4, 0.5) is 10.1 Å². The van der Waals surface area contributed by atoms with E-state index in [4.69, 9.17) is 0 Å². The Morgan fingerprint density at radius 2 is 1.74 bits per heavy atom. The van der Waals surface area contributed by atoms with Crippen molar-refractivity contribution >= 4 is 17.5 Å². The highest BCUT2D eigenvalue weighted by molar-refractivity contribution is 5.92. The maximum absolute atomic E-state index is 13.0. The molecule has 2 amide bonds. The highest BCUT2D eigenvalue weighted by Gasteiger charge is 2.24. The Morgan fingerprint density at radius 1 is 1.10 bits per heavy atom. The summed E-state index contributed by atoms with van der Waals surface area (Å²) in [5.41, 5.74) is 3.58. The van der Waals surface area contributed by atoms with Crippen LogP contribution in [0.2, 0.25) is 0 Å². The third-order valence-electron chi connectivity index (χ3n) is 5.62. The largest absolute Gasteiger partial charge is 0.340 e. The van der Waals surface area contributed by atoms with Crippen LogP contribution < -0.4 is 5.32 Å². The number of rotatable bonds is 7. The molecule has 1 aromatic heterocycles. The van der Waals surface area contributed by atoms with Gasteiger partial charge in [-0.1, -0.05) is 13.8 Å². The van der Waals surface area contributed by atoms with Gasteiger partial charge < -0.3 is 10.2 Å². The second-order valence-corrected chi connectivity index (χ2v) is 8.61. The van der Waals surface area contributed by atoms with E-state index in [1.807, 2.05) is 28.3 Å². The number of carbonyl (C=O) groups is 2. The van der Waals surface area contributed by atoms with Gasteiger partial charge in [-0.15, -0.1) is 0 Å². The molecule has 0 aliphatic carbocycles. The Hall–Kier alpha value is -2.74. The van der Waals surface area contributed by atoms with Gasteiger partial charge in [0.15, 0.2) is 0 Å². The molecule has 8 heteroatoms. The Kier molecular flexibility index (Phi) is 7.43. The van der Waals surface area contributed by atoms with Crippen LogP contribution in [0, 0.1) is 25.6 Å². The Morgan fingerprint density at radius 3 is 2.35 bits per heavy atom. The van der Waals surface area contributed by atoms with E-state index < -0.39 is 0 Å². The molecule has 31 heavy (non-hydrogen) atoms. The van der Waals surface area contributed by atoms with Gasteiger partial charge in [-0.05, 0) is 44.0 Å². The van der Waals surface area contributed by atoms with Crippen molar-refractivity contribution in [1.82, 2.24) is 19.6 Å². The van der Waals surface area contributed by atoms with E-state index in [1.165, 1.54) is 24.3 Å². The monoisotopic (exact) mass is 429 g/mol. The molecule has 1 aliphatic heterocycles. The lowest BCUT2D eigenvalue weighted by Crippen LogP contribution is -2.50. The summed E-state index contributed by atoms with van der Waals surface area (Å²) >= 11 is 0. The minimum atomic E-state index is -0.337. The zero-order valence-corrected chi connectivity index (χ0v) is 18.8. The predicted molar refractivity (Wildman–Crippen MR) is 118 cm³/mol. The van der Waals surface area contributed by atoms with Gasteiger partial charge in [0.25, 0.3) is 0 Å². The molecule has 0 spiro atoms. The van der Waals surface area contributed by atoms with Crippen LogP contribution >= 0.6 is 0 Å². The van der Waals surface area contributed by atoms with Gasteiger partial charge in [-0.3, -0.25) is 19.2 Å². The third kappa shape index (κ3) is 6.13. The van der Waals surface area contributed by atoms with Gasteiger partial charge in [0, 0.05) is 49.7 Å². The lowest BCUT2D eigenvalue weighted by molar-refractivity contribution is -0.132. The normalized spacial score (nSPS) is 14.8. The molecule has 7 nitrogen and oxygen atoms in total. The molecule has 0 saturated carbocycles. The van der Waals surface area contributed by atoms with E-state index in [1.54, 1.807) is 0 Å². The van der Waals surface area contributed by atoms with Gasteiger partial charge >= 0.3 is 0 Å². The standard InChI is InChI=1S/C23H32FN5O2/c1-16(2)14-29-18(4)21(17(3)26-29)13-23(31)28-11-9-27(10-12-28)15-22(30)25-20-7-5-19(24)6-8-20/h5-8,16H,9-15H2,1-4H3,(H,25,30). The van der Waals surface area contributed by atoms with Crippen LogP contribution in [0.3, 0.4) is 0 Å². The molecular formula is C23H32FN5O2. The number of hydrogen-bond donors (Lipinski definition) is 1. The zero-order valence-electron chi connectivity index (χ0n) is 18.8. The fraction of sp³-hybridized carbons (Fsp3) is 0.522. The van der Waals surface area contributed by atoms with E-state index in [0.29, 0.717) is 44.2 Å². The molecular weight excluding hydrogens is 397 g/mol. The topological polar surface area (TPSA) is 70.5 Å². The highest BCUT2D eigenvalue weighted by Crippen LogP contribution is 2.17. The first-order chi connectivity index (χ1) is 14.7. The number of amides is 2. The van der Waals surface area contributed by atoms with E-state index in [9.17, 15) is 14.0 Å². The molecule has 0 atom stereocenters. The lowest BCUT2D eigenvalue weighted by Gasteiger charge is -2.34. The SMILES string of the molecule is Cc1nn(CC(C)C)c(C)c1CC(=O)N1CCN(CC(=O)Nc2ccc(F)cc2)CC1. The molecule has 0 unspecified atom stereocenters. The summed E-state index contributed by atoms with van der Waals surface area (Å²) in [4.78, 5) is 29.0. The molecule has 1 fully saturated rings.